The van der Waals surface area contributed by atoms with Crippen LogP contribution in [0.1, 0.15) is 5.56 Å². The first-order chi connectivity index (χ1) is 9.76. The van der Waals surface area contributed by atoms with Crippen molar-refractivity contribution in [3.05, 3.63) is 23.9 Å². The van der Waals surface area contributed by atoms with Crippen molar-refractivity contribution in [3.8, 4) is 0 Å². The number of rotatable bonds is 4. The van der Waals surface area contributed by atoms with Gasteiger partial charge in [0.15, 0.2) is 14.9 Å². The predicted molar refractivity (Wildman–Crippen MR) is 83.6 cm³/mol. The smallest absolute Gasteiger partial charge is 0.243 e. The van der Waals surface area contributed by atoms with E-state index in [1.54, 1.807) is 6.07 Å². The van der Waals surface area contributed by atoms with Gasteiger partial charge in [-0.1, -0.05) is 6.07 Å². The Hall–Kier alpha value is -0.350. The predicted octanol–water partition coefficient (Wildman–Crippen LogP) is 0.929. The van der Waals surface area contributed by atoms with Gasteiger partial charge in [-0.2, -0.15) is 16.1 Å². The fourth-order valence-electron chi connectivity index (χ4n) is 1.94. The number of halogens is 1. The monoisotopic (exact) mass is 370 g/mol. The third-order valence-corrected chi connectivity index (χ3v) is 7.97. The van der Waals surface area contributed by atoms with Crippen LogP contribution in [0.25, 0.3) is 0 Å². The maximum Gasteiger partial charge on any atom is 0.261 e. The second-order valence-electron chi connectivity index (χ2n) is 4.61. The summed E-state index contributed by atoms with van der Waals surface area (Å²) in [4.78, 5) is 3.90. The molecule has 1 saturated heterocycles. The molecule has 21 heavy (non-hydrogen) atoms. The van der Waals surface area contributed by atoms with E-state index in [2.05, 4.69) is 4.98 Å². The molecule has 6 nitrogen and oxygen atoms in total. The normalized spacial score (nSPS) is 21.3. The summed E-state index contributed by atoms with van der Waals surface area (Å²) in [6, 6.07) is 2.93. The Morgan fingerprint density at radius 2 is 2.10 bits per heavy atom. The molecule has 1 aliphatic heterocycles. The van der Waals surface area contributed by atoms with Gasteiger partial charge in [-0.05, 0) is 11.6 Å². The Morgan fingerprint density at radius 1 is 1.38 bits per heavy atom. The summed E-state index contributed by atoms with van der Waals surface area (Å²) in [5.74, 6) is 1.03. The van der Waals surface area contributed by atoms with Gasteiger partial charge in [0, 0.05) is 36.4 Å². The SMILES string of the molecule is CS(=O)(=O)C1CSCCN1S(=O)(=O)c1ccc(CCl)cn1. The fraction of sp³-hybridized carbons (Fsp3) is 0.545. The number of aromatic nitrogens is 1. The number of thioether (sulfide) groups is 1. The summed E-state index contributed by atoms with van der Waals surface area (Å²) in [5, 5.41) is -1.20. The molecule has 2 rings (SSSR count). The molecule has 1 atom stereocenters. The largest absolute Gasteiger partial charge is 0.261 e. The minimum absolute atomic E-state index is 0.156. The van der Waals surface area contributed by atoms with E-state index < -0.39 is 25.2 Å². The molecular formula is C11H15ClN2O4S3. The van der Waals surface area contributed by atoms with E-state index in [-0.39, 0.29) is 23.2 Å². The highest BCUT2D eigenvalue weighted by Crippen LogP contribution is 2.26. The van der Waals surface area contributed by atoms with Gasteiger partial charge in [0.1, 0.15) is 5.37 Å². The van der Waals surface area contributed by atoms with Gasteiger partial charge in [-0.3, -0.25) is 0 Å². The van der Waals surface area contributed by atoms with Crippen LogP contribution >= 0.6 is 23.4 Å². The molecule has 0 amide bonds. The second kappa shape index (κ2) is 6.41. The first kappa shape index (κ1) is 17.0. The topological polar surface area (TPSA) is 84.4 Å². The fourth-order valence-corrected chi connectivity index (χ4v) is 7.18. The van der Waals surface area contributed by atoms with Crippen LogP contribution in [0.4, 0.5) is 0 Å². The summed E-state index contributed by atoms with van der Waals surface area (Å²) in [6.07, 6.45) is 2.43. The van der Waals surface area contributed by atoms with Gasteiger partial charge < -0.3 is 0 Å². The lowest BCUT2D eigenvalue weighted by molar-refractivity contribution is 0.403. The molecule has 118 valence electrons. The van der Waals surface area contributed by atoms with Crippen LogP contribution in [-0.4, -0.2) is 55.8 Å². The number of sulfonamides is 1. The summed E-state index contributed by atoms with van der Waals surface area (Å²) < 4.78 is 49.9. The molecule has 0 N–H and O–H groups in total. The zero-order valence-corrected chi connectivity index (χ0v) is 14.5. The summed E-state index contributed by atoms with van der Waals surface area (Å²) in [6.45, 7) is 0.156. The molecule has 0 saturated carbocycles. The Labute approximate surface area is 133 Å². The molecule has 1 unspecified atom stereocenters. The van der Waals surface area contributed by atoms with Gasteiger partial charge in [0.05, 0.1) is 0 Å². The summed E-state index contributed by atoms with van der Waals surface area (Å²) >= 11 is 7.07. The van der Waals surface area contributed by atoms with Crippen molar-refractivity contribution in [2.24, 2.45) is 0 Å². The molecule has 0 bridgehead atoms. The molecule has 1 fully saturated rings. The highest BCUT2D eigenvalue weighted by atomic mass is 35.5. The third kappa shape index (κ3) is 3.70. The second-order valence-corrected chi connectivity index (χ2v) is 10.1. The minimum atomic E-state index is -3.93. The van der Waals surface area contributed by atoms with E-state index in [1.807, 2.05) is 0 Å². The summed E-state index contributed by atoms with van der Waals surface area (Å²) in [5.41, 5.74) is 0.699. The average Bonchev–Trinajstić information content (AvgIpc) is 2.46. The molecule has 1 aromatic heterocycles. The van der Waals surface area contributed by atoms with Crippen molar-refractivity contribution in [3.63, 3.8) is 0 Å². The van der Waals surface area contributed by atoms with E-state index in [0.717, 1.165) is 10.6 Å². The molecule has 1 aliphatic rings. The number of pyridine rings is 1. The Bertz CT molecular complexity index is 703. The van der Waals surface area contributed by atoms with Crippen molar-refractivity contribution >= 4 is 43.2 Å². The van der Waals surface area contributed by atoms with Gasteiger partial charge in [-0.25, -0.2) is 21.8 Å². The Morgan fingerprint density at radius 3 is 2.62 bits per heavy atom. The molecule has 0 spiro atoms. The van der Waals surface area contributed by atoms with E-state index in [4.69, 9.17) is 11.6 Å². The van der Waals surface area contributed by atoms with Gasteiger partial charge in [0.25, 0.3) is 10.0 Å². The van der Waals surface area contributed by atoms with Crippen LogP contribution in [0.15, 0.2) is 23.4 Å². The zero-order chi connectivity index (χ0) is 15.7. The molecule has 2 heterocycles. The van der Waals surface area contributed by atoms with Crippen molar-refractivity contribution < 1.29 is 16.8 Å². The quantitative estimate of drug-likeness (QED) is 0.733. The molecular weight excluding hydrogens is 356 g/mol. The van der Waals surface area contributed by atoms with Crippen LogP contribution in [-0.2, 0) is 25.7 Å². The van der Waals surface area contributed by atoms with Crippen LogP contribution < -0.4 is 0 Å². The first-order valence-corrected chi connectivity index (χ1v) is 11.1. The van der Waals surface area contributed by atoms with E-state index in [0.29, 0.717) is 11.3 Å². The minimum Gasteiger partial charge on any atom is -0.243 e. The number of hydrogen-bond acceptors (Lipinski definition) is 6. The first-order valence-electron chi connectivity index (χ1n) is 6.06. The van der Waals surface area contributed by atoms with Crippen LogP contribution in [0.3, 0.4) is 0 Å². The molecule has 10 heteroatoms. The van der Waals surface area contributed by atoms with E-state index in [9.17, 15) is 16.8 Å². The highest BCUT2D eigenvalue weighted by molar-refractivity contribution is 8.01. The summed E-state index contributed by atoms with van der Waals surface area (Å²) in [7, 11) is -7.43. The average molecular weight is 371 g/mol. The number of sulfone groups is 1. The third-order valence-electron chi connectivity index (χ3n) is 3.06. The van der Waals surface area contributed by atoms with Gasteiger partial charge in [-0.15, -0.1) is 11.6 Å². The molecule has 0 radical (unpaired) electrons. The highest BCUT2D eigenvalue weighted by Gasteiger charge is 2.39. The maximum atomic E-state index is 12.6. The molecule has 0 aromatic carbocycles. The van der Waals surface area contributed by atoms with Crippen LogP contribution in [0, 0.1) is 0 Å². The maximum absolute atomic E-state index is 12.6. The molecule has 1 aromatic rings. The Kier molecular flexibility index (Phi) is 5.19. The number of nitrogens with zero attached hydrogens (tertiary/aromatic N) is 2. The Balaban J connectivity index is 2.40. The van der Waals surface area contributed by atoms with Crippen molar-refractivity contribution in [1.82, 2.24) is 9.29 Å². The van der Waals surface area contributed by atoms with Crippen molar-refractivity contribution in [2.75, 3.05) is 24.3 Å². The standard InChI is InChI=1S/C11H15ClN2O4S3/c1-20(15,16)11-8-19-5-4-14(11)21(17,18)10-3-2-9(6-12)7-13-10/h2-3,7,11H,4-6,8H2,1H3. The van der Waals surface area contributed by atoms with Crippen molar-refractivity contribution in [1.29, 1.82) is 0 Å². The van der Waals surface area contributed by atoms with Gasteiger partial charge in [0.2, 0.25) is 0 Å². The van der Waals surface area contributed by atoms with E-state index >= 15 is 0 Å². The van der Waals surface area contributed by atoms with Gasteiger partial charge >= 0.3 is 0 Å². The zero-order valence-electron chi connectivity index (χ0n) is 11.3. The lowest BCUT2D eigenvalue weighted by Crippen LogP contribution is -2.49. The lowest BCUT2D eigenvalue weighted by Gasteiger charge is -2.32. The van der Waals surface area contributed by atoms with Crippen LogP contribution in [0.2, 0.25) is 0 Å². The number of hydrogen-bond donors (Lipinski definition) is 0. The lowest BCUT2D eigenvalue weighted by atomic mass is 10.3. The number of alkyl halides is 1. The molecule has 0 aliphatic carbocycles. The van der Waals surface area contributed by atoms with Crippen molar-refractivity contribution in [2.45, 2.75) is 16.3 Å². The van der Waals surface area contributed by atoms with E-state index in [1.165, 1.54) is 24.0 Å². The van der Waals surface area contributed by atoms with Crippen LogP contribution in [0.5, 0.6) is 0 Å².